The van der Waals surface area contributed by atoms with Crippen LogP contribution in [0, 0.1) is 0 Å². The maximum Gasteiger partial charge on any atom is 0.407 e. The Hall–Kier alpha value is -1.79. The summed E-state index contributed by atoms with van der Waals surface area (Å²) in [4.78, 5) is 11.6. The molecule has 0 spiro atoms. The number of carbonyl (C=O) groups is 1. The van der Waals surface area contributed by atoms with Crippen LogP contribution in [0.25, 0.3) is 0 Å². The van der Waals surface area contributed by atoms with Crippen molar-refractivity contribution in [3.8, 4) is 0 Å². The van der Waals surface area contributed by atoms with Gasteiger partial charge in [-0.2, -0.15) is 0 Å². The quantitative estimate of drug-likeness (QED) is 0.172. The van der Waals surface area contributed by atoms with Crippen molar-refractivity contribution in [1.29, 1.82) is 0 Å². The Morgan fingerprint density at radius 2 is 1.03 bits per heavy atom. The molecule has 37 heavy (non-hydrogen) atoms. The van der Waals surface area contributed by atoms with Crippen LogP contribution in [0.15, 0.2) is 30.3 Å². The summed E-state index contributed by atoms with van der Waals surface area (Å²) in [5.74, 6) is 0. The van der Waals surface area contributed by atoms with Crippen LogP contribution in [0.1, 0.15) is 31.7 Å². The molecule has 1 aromatic carbocycles. The van der Waals surface area contributed by atoms with Crippen molar-refractivity contribution < 1.29 is 42.7 Å². The number of nitrogens with one attached hydrogen (secondary N) is 1. The summed E-state index contributed by atoms with van der Waals surface area (Å²) in [5.41, 5.74) is 0.944. The number of rotatable bonds is 27. The van der Waals surface area contributed by atoms with Crippen molar-refractivity contribution >= 4 is 6.09 Å². The monoisotopic (exact) mass is 529 g/mol. The van der Waals surface area contributed by atoms with Crippen LogP contribution in [0.2, 0.25) is 0 Å². The SMILES string of the molecule is CCCCCOCCOCCOCCOCCOCCOCCOCCNC(=O)OCc1ccccc1. The zero-order valence-electron chi connectivity index (χ0n) is 22.5. The van der Waals surface area contributed by atoms with Gasteiger partial charge in [-0.05, 0) is 12.0 Å². The first-order valence-corrected chi connectivity index (χ1v) is 13.3. The molecule has 0 saturated carbocycles. The van der Waals surface area contributed by atoms with Crippen LogP contribution >= 0.6 is 0 Å². The smallest absolute Gasteiger partial charge is 0.407 e. The number of amides is 1. The van der Waals surface area contributed by atoms with Crippen molar-refractivity contribution in [2.75, 3.05) is 99.0 Å². The van der Waals surface area contributed by atoms with Crippen molar-refractivity contribution in [3.05, 3.63) is 35.9 Å². The normalized spacial score (nSPS) is 11.1. The van der Waals surface area contributed by atoms with Gasteiger partial charge in [0.1, 0.15) is 6.61 Å². The lowest BCUT2D eigenvalue weighted by Gasteiger charge is -2.09. The molecule has 0 aliphatic rings. The molecule has 0 aromatic heterocycles. The van der Waals surface area contributed by atoms with E-state index in [0.29, 0.717) is 92.4 Å². The molecule has 10 nitrogen and oxygen atoms in total. The van der Waals surface area contributed by atoms with Gasteiger partial charge in [0, 0.05) is 13.2 Å². The molecule has 10 heteroatoms. The van der Waals surface area contributed by atoms with Gasteiger partial charge < -0.3 is 43.2 Å². The lowest BCUT2D eigenvalue weighted by molar-refractivity contribution is -0.0204. The Labute approximate surface area is 222 Å². The Balaban J connectivity index is 1.67. The molecule has 1 rings (SSSR count). The third kappa shape index (κ3) is 24.3. The molecule has 0 heterocycles. The fraction of sp³-hybridized carbons (Fsp3) is 0.741. The fourth-order valence-electron chi connectivity index (χ4n) is 2.88. The summed E-state index contributed by atoms with van der Waals surface area (Å²) in [7, 11) is 0. The highest BCUT2D eigenvalue weighted by Crippen LogP contribution is 2.00. The van der Waals surface area contributed by atoms with Gasteiger partial charge in [-0.3, -0.25) is 0 Å². The van der Waals surface area contributed by atoms with Crippen LogP contribution in [0.4, 0.5) is 4.79 Å². The molecular formula is C27H47NO9. The maximum absolute atomic E-state index is 11.6. The Morgan fingerprint density at radius 1 is 0.595 bits per heavy atom. The van der Waals surface area contributed by atoms with Gasteiger partial charge in [0.05, 0.1) is 85.9 Å². The minimum Gasteiger partial charge on any atom is -0.445 e. The highest BCUT2D eigenvalue weighted by atomic mass is 16.6. The molecule has 0 unspecified atom stereocenters. The van der Waals surface area contributed by atoms with Crippen LogP contribution in [0.3, 0.4) is 0 Å². The van der Waals surface area contributed by atoms with Crippen molar-refractivity contribution in [2.24, 2.45) is 0 Å². The zero-order chi connectivity index (χ0) is 26.5. The van der Waals surface area contributed by atoms with E-state index in [1.807, 2.05) is 30.3 Å². The molecule has 1 N–H and O–H groups in total. The first-order valence-electron chi connectivity index (χ1n) is 13.3. The van der Waals surface area contributed by atoms with E-state index in [2.05, 4.69) is 12.2 Å². The molecule has 0 radical (unpaired) electrons. The molecule has 0 bridgehead atoms. The molecule has 214 valence electrons. The number of carbonyl (C=O) groups excluding carboxylic acids is 1. The number of hydrogen-bond donors (Lipinski definition) is 1. The van der Waals surface area contributed by atoms with Crippen LogP contribution in [-0.4, -0.2) is 105 Å². The van der Waals surface area contributed by atoms with Gasteiger partial charge in [-0.1, -0.05) is 50.1 Å². The lowest BCUT2D eigenvalue weighted by atomic mass is 10.2. The molecule has 0 fully saturated rings. The Bertz CT molecular complexity index is 607. The summed E-state index contributed by atoms with van der Waals surface area (Å²) in [5, 5.41) is 2.64. The first-order chi connectivity index (χ1) is 18.3. The predicted molar refractivity (Wildman–Crippen MR) is 140 cm³/mol. The van der Waals surface area contributed by atoms with Gasteiger partial charge in [0.15, 0.2) is 0 Å². The number of unbranched alkanes of at least 4 members (excludes halogenated alkanes) is 2. The zero-order valence-corrected chi connectivity index (χ0v) is 22.5. The van der Waals surface area contributed by atoms with Crippen molar-refractivity contribution in [3.63, 3.8) is 0 Å². The largest absolute Gasteiger partial charge is 0.445 e. The van der Waals surface area contributed by atoms with E-state index in [-0.39, 0.29) is 6.61 Å². The van der Waals surface area contributed by atoms with E-state index >= 15 is 0 Å². The fourth-order valence-corrected chi connectivity index (χ4v) is 2.88. The second-order valence-corrected chi connectivity index (χ2v) is 7.98. The van der Waals surface area contributed by atoms with Crippen LogP contribution in [0.5, 0.6) is 0 Å². The van der Waals surface area contributed by atoms with Gasteiger partial charge in [0.2, 0.25) is 0 Å². The number of benzene rings is 1. The van der Waals surface area contributed by atoms with Crippen LogP contribution < -0.4 is 5.32 Å². The first kappa shape index (κ1) is 33.2. The van der Waals surface area contributed by atoms with E-state index in [1.54, 1.807) is 0 Å². The number of alkyl carbamates (subject to hydrolysis) is 1. The maximum atomic E-state index is 11.6. The number of ether oxygens (including phenoxy) is 8. The summed E-state index contributed by atoms with van der Waals surface area (Å²) < 4.78 is 43.2. The van der Waals surface area contributed by atoms with Crippen LogP contribution in [-0.2, 0) is 44.5 Å². The molecule has 0 saturated heterocycles. The van der Waals surface area contributed by atoms with Gasteiger partial charge >= 0.3 is 6.09 Å². The molecule has 0 aliphatic heterocycles. The average molecular weight is 530 g/mol. The Morgan fingerprint density at radius 3 is 1.49 bits per heavy atom. The summed E-state index contributed by atoms with van der Waals surface area (Å²) in [6.07, 6.45) is 3.08. The molecule has 1 aromatic rings. The standard InChI is InChI=1S/C27H47NO9/c1-2-3-7-11-30-13-15-32-17-19-34-21-23-36-24-22-35-20-18-33-16-14-31-12-10-28-27(29)37-25-26-8-5-4-6-9-26/h4-6,8-9H,2-3,7,10-25H2,1H3,(H,28,29). The topological polar surface area (TPSA) is 103 Å². The van der Waals surface area contributed by atoms with Crippen molar-refractivity contribution in [1.82, 2.24) is 5.32 Å². The van der Waals surface area contributed by atoms with Gasteiger partial charge in [-0.25, -0.2) is 4.79 Å². The van der Waals surface area contributed by atoms with E-state index in [9.17, 15) is 4.79 Å². The highest BCUT2D eigenvalue weighted by molar-refractivity contribution is 5.67. The predicted octanol–water partition coefficient (Wildman–Crippen LogP) is 3.22. The summed E-state index contributed by atoms with van der Waals surface area (Å²) in [6.45, 7) is 10.3. The average Bonchev–Trinajstić information content (AvgIpc) is 2.92. The van der Waals surface area contributed by atoms with Crippen molar-refractivity contribution in [2.45, 2.75) is 32.8 Å². The third-order valence-corrected chi connectivity index (χ3v) is 4.85. The van der Waals surface area contributed by atoms with Gasteiger partial charge in [0.25, 0.3) is 0 Å². The Kier molecular flexibility index (Phi) is 24.5. The van der Waals surface area contributed by atoms with E-state index in [1.165, 1.54) is 12.8 Å². The molecular weight excluding hydrogens is 482 g/mol. The molecule has 0 atom stereocenters. The third-order valence-electron chi connectivity index (χ3n) is 4.85. The summed E-state index contributed by atoms with van der Waals surface area (Å²) in [6, 6.07) is 9.52. The minimum atomic E-state index is -0.461. The van der Waals surface area contributed by atoms with Gasteiger partial charge in [-0.15, -0.1) is 0 Å². The number of hydrogen-bond acceptors (Lipinski definition) is 9. The van der Waals surface area contributed by atoms with E-state index in [4.69, 9.17) is 37.9 Å². The second kappa shape index (κ2) is 27.3. The lowest BCUT2D eigenvalue weighted by Crippen LogP contribution is -2.28. The van der Waals surface area contributed by atoms with E-state index in [0.717, 1.165) is 18.6 Å². The minimum absolute atomic E-state index is 0.246. The highest BCUT2D eigenvalue weighted by Gasteiger charge is 2.01. The summed E-state index contributed by atoms with van der Waals surface area (Å²) >= 11 is 0. The van der Waals surface area contributed by atoms with E-state index < -0.39 is 6.09 Å². The molecule has 0 aliphatic carbocycles. The molecule has 1 amide bonds. The second-order valence-electron chi connectivity index (χ2n) is 7.98.